The Morgan fingerprint density at radius 1 is 1.33 bits per heavy atom. The highest BCUT2D eigenvalue weighted by atomic mass is 16.6. The zero-order valence-corrected chi connectivity index (χ0v) is 12.2. The molecule has 0 N–H and O–H groups in total. The summed E-state index contributed by atoms with van der Waals surface area (Å²) in [6.07, 6.45) is 0.0415. The number of rotatable bonds is 4. The fraction of sp³-hybridized carbons (Fsp3) is 0.500. The Morgan fingerprint density at radius 3 is 2.57 bits per heavy atom. The van der Waals surface area contributed by atoms with Gasteiger partial charge in [0.1, 0.15) is 0 Å². The number of carbonyl (C=O) groups is 1. The monoisotopic (exact) mass is 293 g/mol. The van der Waals surface area contributed by atoms with Gasteiger partial charge in [0, 0.05) is 44.0 Å². The summed E-state index contributed by atoms with van der Waals surface area (Å²) in [5.74, 6) is -0.397. The number of likely N-dealkylation sites (N-methyl/N-ethyl adjacent to an activating group) is 1. The lowest BCUT2D eigenvalue weighted by Crippen LogP contribution is -2.44. The molecule has 0 unspecified atom stereocenters. The van der Waals surface area contributed by atoms with E-state index < -0.39 is 10.9 Å². The molecule has 1 saturated heterocycles. The maximum atomic E-state index is 11.5. The van der Waals surface area contributed by atoms with Gasteiger partial charge in [-0.3, -0.25) is 14.9 Å². The molecule has 114 valence electrons. The van der Waals surface area contributed by atoms with E-state index in [0.29, 0.717) is 5.56 Å². The Bertz CT molecular complexity index is 539. The van der Waals surface area contributed by atoms with Crippen LogP contribution < -0.4 is 4.90 Å². The number of methoxy groups -OCH3 is 1. The van der Waals surface area contributed by atoms with Crippen LogP contribution in [0.5, 0.6) is 0 Å². The third kappa shape index (κ3) is 3.69. The van der Waals surface area contributed by atoms with E-state index in [9.17, 15) is 14.9 Å². The van der Waals surface area contributed by atoms with Gasteiger partial charge in [-0.1, -0.05) is 0 Å². The van der Waals surface area contributed by atoms with E-state index in [1.165, 1.54) is 19.2 Å². The third-order valence-corrected chi connectivity index (χ3v) is 3.68. The van der Waals surface area contributed by atoms with Crippen molar-refractivity contribution >= 4 is 17.3 Å². The van der Waals surface area contributed by atoms with Gasteiger partial charge in [-0.25, -0.2) is 0 Å². The molecule has 1 heterocycles. The second-order valence-corrected chi connectivity index (χ2v) is 5.11. The van der Waals surface area contributed by atoms with Gasteiger partial charge in [0.25, 0.3) is 5.69 Å². The number of nitro groups is 1. The maximum absolute atomic E-state index is 11.5. The standard InChI is InChI=1S/C14H19N3O4/c1-15-5-7-16(8-6-15)13-4-3-12(17(19)20)9-11(13)10-14(18)21-2/h3-4,9H,5-8,10H2,1-2H3. The Morgan fingerprint density at radius 2 is 2.00 bits per heavy atom. The summed E-state index contributed by atoms with van der Waals surface area (Å²) in [5.41, 5.74) is 1.51. The summed E-state index contributed by atoms with van der Waals surface area (Å²) >= 11 is 0. The number of carbonyl (C=O) groups excluding carboxylic acids is 1. The predicted molar refractivity (Wildman–Crippen MR) is 78.5 cm³/mol. The number of esters is 1. The molecule has 0 aliphatic carbocycles. The topological polar surface area (TPSA) is 75.9 Å². The second kappa shape index (κ2) is 6.53. The van der Waals surface area contributed by atoms with Gasteiger partial charge < -0.3 is 14.5 Å². The molecule has 1 fully saturated rings. The van der Waals surface area contributed by atoms with Crippen molar-refractivity contribution in [2.45, 2.75) is 6.42 Å². The molecule has 0 radical (unpaired) electrons. The second-order valence-electron chi connectivity index (χ2n) is 5.11. The molecule has 0 amide bonds. The molecule has 0 aromatic heterocycles. The van der Waals surface area contributed by atoms with E-state index in [4.69, 9.17) is 0 Å². The molecular formula is C14H19N3O4. The zero-order chi connectivity index (χ0) is 15.4. The van der Waals surface area contributed by atoms with Gasteiger partial charge in [0.2, 0.25) is 0 Å². The van der Waals surface area contributed by atoms with E-state index in [1.54, 1.807) is 6.07 Å². The summed E-state index contributed by atoms with van der Waals surface area (Å²) in [7, 11) is 3.37. The molecular weight excluding hydrogens is 274 g/mol. The number of benzene rings is 1. The highest BCUT2D eigenvalue weighted by Gasteiger charge is 2.20. The van der Waals surface area contributed by atoms with Crippen LogP contribution in [0.2, 0.25) is 0 Å². The SMILES string of the molecule is COC(=O)Cc1cc([N+](=O)[O-])ccc1N1CCN(C)CC1. The van der Waals surface area contributed by atoms with Crippen molar-refractivity contribution in [1.29, 1.82) is 0 Å². The lowest BCUT2D eigenvalue weighted by Gasteiger charge is -2.35. The molecule has 1 aromatic rings. The molecule has 7 heteroatoms. The van der Waals surface area contributed by atoms with Crippen LogP contribution in [0.15, 0.2) is 18.2 Å². The average Bonchev–Trinajstić information content (AvgIpc) is 2.48. The van der Waals surface area contributed by atoms with Crippen LogP contribution in [0.25, 0.3) is 0 Å². The Balaban J connectivity index is 2.30. The smallest absolute Gasteiger partial charge is 0.310 e. The average molecular weight is 293 g/mol. The summed E-state index contributed by atoms with van der Waals surface area (Å²) in [6.45, 7) is 3.52. The maximum Gasteiger partial charge on any atom is 0.310 e. The van der Waals surface area contributed by atoms with Gasteiger partial charge >= 0.3 is 5.97 Å². The highest BCUT2D eigenvalue weighted by molar-refractivity contribution is 5.76. The first kappa shape index (κ1) is 15.2. The van der Waals surface area contributed by atoms with E-state index in [1.807, 2.05) is 0 Å². The minimum Gasteiger partial charge on any atom is -0.469 e. The summed E-state index contributed by atoms with van der Waals surface area (Å²) in [6, 6.07) is 4.67. The number of ether oxygens (including phenoxy) is 1. The molecule has 0 atom stereocenters. The predicted octanol–water partition coefficient (Wildman–Crippen LogP) is 1.06. The molecule has 1 aliphatic heterocycles. The first-order valence-electron chi connectivity index (χ1n) is 6.79. The van der Waals surface area contributed by atoms with Gasteiger partial charge in [0.15, 0.2) is 0 Å². The minimum atomic E-state index is -0.450. The Labute approximate surface area is 123 Å². The number of anilines is 1. The quantitative estimate of drug-likeness (QED) is 0.469. The molecule has 0 spiro atoms. The Hall–Kier alpha value is -2.15. The van der Waals surface area contributed by atoms with Crippen LogP contribution in [-0.4, -0.2) is 56.1 Å². The summed E-state index contributed by atoms with van der Waals surface area (Å²) < 4.78 is 4.68. The first-order valence-corrected chi connectivity index (χ1v) is 6.79. The van der Waals surface area contributed by atoms with Crippen LogP contribution >= 0.6 is 0 Å². The number of piperazine rings is 1. The fourth-order valence-electron chi connectivity index (χ4n) is 2.41. The van der Waals surface area contributed by atoms with Crippen molar-refractivity contribution in [3.05, 3.63) is 33.9 Å². The van der Waals surface area contributed by atoms with E-state index in [2.05, 4.69) is 21.6 Å². The fourth-order valence-corrected chi connectivity index (χ4v) is 2.41. The van der Waals surface area contributed by atoms with Crippen molar-refractivity contribution in [2.75, 3.05) is 45.2 Å². The van der Waals surface area contributed by atoms with Crippen molar-refractivity contribution in [3.8, 4) is 0 Å². The summed E-state index contributed by atoms with van der Waals surface area (Å²) in [4.78, 5) is 26.4. The zero-order valence-electron chi connectivity index (χ0n) is 12.2. The van der Waals surface area contributed by atoms with Crippen LogP contribution in [0.3, 0.4) is 0 Å². The lowest BCUT2D eigenvalue weighted by atomic mass is 10.1. The van der Waals surface area contributed by atoms with Crippen molar-refractivity contribution in [1.82, 2.24) is 4.90 Å². The lowest BCUT2D eigenvalue weighted by molar-refractivity contribution is -0.384. The van der Waals surface area contributed by atoms with Crippen LogP contribution in [0, 0.1) is 10.1 Å². The third-order valence-electron chi connectivity index (χ3n) is 3.68. The molecule has 0 bridgehead atoms. The largest absolute Gasteiger partial charge is 0.469 e. The minimum absolute atomic E-state index is 0.00761. The highest BCUT2D eigenvalue weighted by Crippen LogP contribution is 2.27. The molecule has 2 rings (SSSR count). The van der Waals surface area contributed by atoms with E-state index in [0.717, 1.165) is 31.9 Å². The molecule has 0 saturated carbocycles. The number of nitro benzene ring substituents is 1. The number of hydrogen-bond acceptors (Lipinski definition) is 6. The van der Waals surface area contributed by atoms with E-state index >= 15 is 0 Å². The molecule has 7 nitrogen and oxygen atoms in total. The van der Waals surface area contributed by atoms with Gasteiger partial charge in [-0.2, -0.15) is 0 Å². The first-order chi connectivity index (χ1) is 10.0. The normalized spacial score (nSPS) is 15.8. The van der Waals surface area contributed by atoms with Gasteiger partial charge in [0.05, 0.1) is 18.5 Å². The number of hydrogen-bond donors (Lipinski definition) is 0. The molecule has 1 aliphatic rings. The van der Waals surface area contributed by atoms with E-state index in [-0.39, 0.29) is 12.1 Å². The molecule has 21 heavy (non-hydrogen) atoms. The van der Waals surface area contributed by atoms with Gasteiger partial charge in [-0.05, 0) is 18.7 Å². The van der Waals surface area contributed by atoms with Crippen molar-refractivity contribution in [3.63, 3.8) is 0 Å². The van der Waals surface area contributed by atoms with Crippen LogP contribution in [0.4, 0.5) is 11.4 Å². The van der Waals surface area contributed by atoms with Crippen LogP contribution in [0.1, 0.15) is 5.56 Å². The van der Waals surface area contributed by atoms with Crippen molar-refractivity contribution < 1.29 is 14.5 Å². The number of non-ortho nitro benzene ring substituents is 1. The number of nitrogens with zero attached hydrogens (tertiary/aromatic N) is 3. The van der Waals surface area contributed by atoms with Crippen molar-refractivity contribution in [2.24, 2.45) is 0 Å². The molecule has 1 aromatic carbocycles. The summed E-state index contributed by atoms with van der Waals surface area (Å²) in [5, 5.41) is 10.9. The van der Waals surface area contributed by atoms with Crippen LogP contribution in [-0.2, 0) is 16.0 Å². The van der Waals surface area contributed by atoms with Gasteiger partial charge in [-0.15, -0.1) is 0 Å². The Kier molecular flexibility index (Phi) is 4.74.